The third kappa shape index (κ3) is 3.01. The van der Waals surface area contributed by atoms with Gasteiger partial charge in [0, 0.05) is 12.6 Å². The lowest BCUT2D eigenvalue weighted by Crippen LogP contribution is -2.12. The van der Waals surface area contributed by atoms with Crippen LogP contribution in [0.5, 0.6) is 17.2 Å². The molecular weight excluding hydrogens is 222 g/mol. The fraction of sp³-hybridized carbons (Fsp3) is 0.500. The van der Waals surface area contributed by atoms with Crippen LogP contribution in [0.25, 0.3) is 0 Å². The van der Waals surface area contributed by atoms with Gasteiger partial charge < -0.3 is 25.1 Å². The van der Waals surface area contributed by atoms with E-state index in [-0.39, 0.29) is 12.6 Å². The first-order valence-corrected chi connectivity index (χ1v) is 5.34. The zero-order chi connectivity index (χ0) is 12.8. The molecule has 0 bridgehead atoms. The Balaban J connectivity index is 3.17. The lowest BCUT2D eigenvalue weighted by atomic mass is 10.0. The maximum absolute atomic E-state index is 8.88. The Morgan fingerprint density at radius 3 is 2.00 bits per heavy atom. The van der Waals surface area contributed by atoms with Crippen LogP contribution in [-0.2, 0) is 0 Å². The van der Waals surface area contributed by atoms with E-state index in [2.05, 4.69) is 0 Å². The molecule has 3 N–H and O–H groups in total. The SMILES string of the molecule is COc1cc([C@H](N)CCO)cc(OC)c1OC. The molecule has 0 amide bonds. The van der Waals surface area contributed by atoms with Crippen LogP contribution in [0.4, 0.5) is 0 Å². The first kappa shape index (κ1) is 13.6. The fourth-order valence-electron chi connectivity index (χ4n) is 1.62. The normalized spacial score (nSPS) is 12.1. The first-order chi connectivity index (χ1) is 8.17. The summed E-state index contributed by atoms with van der Waals surface area (Å²) >= 11 is 0. The Bertz CT molecular complexity index is 343. The van der Waals surface area contributed by atoms with Gasteiger partial charge in [0.2, 0.25) is 5.75 Å². The molecule has 0 fully saturated rings. The smallest absolute Gasteiger partial charge is 0.203 e. The molecule has 0 aliphatic carbocycles. The minimum absolute atomic E-state index is 0.0395. The van der Waals surface area contributed by atoms with Crippen molar-refractivity contribution in [3.8, 4) is 17.2 Å². The summed E-state index contributed by atoms with van der Waals surface area (Å²) in [4.78, 5) is 0. The number of hydrogen-bond donors (Lipinski definition) is 2. The molecule has 17 heavy (non-hydrogen) atoms. The lowest BCUT2D eigenvalue weighted by molar-refractivity contribution is 0.276. The largest absolute Gasteiger partial charge is 0.493 e. The highest BCUT2D eigenvalue weighted by atomic mass is 16.5. The monoisotopic (exact) mass is 241 g/mol. The molecule has 96 valence electrons. The van der Waals surface area contributed by atoms with E-state index in [0.29, 0.717) is 23.7 Å². The molecule has 0 aromatic heterocycles. The van der Waals surface area contributed by atoms with E-state index in [1.807, 2.05) is 0 Å². The van der Waals surface area contributed by atoms with E-state index < -0.39 is 0 Å². The second-order valence-electron chi connectivity index (χ2n) is 3.58. The third-order valence-corrected chi connectivity index (χ3v) is 2.56. The summed E-state index contributed by atoms with van der Waals surface area (Å²) in [5.41, 5.74) is 6.77. The second-order valence-corrected chi connectivity index (χ2v) is 3.58. The predicted molar refractivity (Wildman–Crippen MR) is 64.7 cm³/mol. The number of hydrogen-bond acceptors (Lipinski definition) is 5. The molecule has 1 atom stereocenters. The van der Waals surface area contributed by atoms with Gasteiger partial charge in [0.05, 0.1) is 21.3 Å². The molecule has 0 heterocycles. The Morgan fingerprint density at radius 2 is 1.65 bits per heavy atom. The summed E-state index contributed by atoms with van der Waals surface area (Å²) in [5, 5.41) is 8.88. The molecule has 0 spiro atoms. The van der Waals surface area contributed by atoms with Gasteiger partial charge in [-0.1, -0.05) is 0 Å². The topological polar surface area (TPSA) is 73.9 Å². The molecule has 1 aromatic rings. The molecule has 5 heteroatoms. The van der Waals surface area contributed by atoms with Crippen LogP contribution in [0, 0.1) is 0 Å². The summed E-state index contributed by atoms with van der Waals surface area (Å²) in [7, 11) is 4.66. The predicted octanol–water partition coefficient (Wildman–Crippen LogP) is 1.09. The Morgan fingerprint density at radius 1 is 1.12 bits per heavy atom. The van der Waals surface area contributed by atoms with E-state index in [9.17, 15) is 0 Å². The van der Waals surface area contributed by atoms with E-state index in [1.54, 1.807) is 33.5 Å². The van der Waals surface area contributed by atoms with Crippen LogP contribution in [0.15, 0.2) is 12.1 Å². The number of aliphatic hydroxyl groups excluding tert-OH is 1. The van der Waals surface area contributed by atoms with E-state index in [4.69, 9.17) is 25.1 Å². The average molecular weight is 241 g/mol. The van der Waals surface area contributed by atoms with Gasteiger partial charge in [-0.15, -0.1) is 0 Å². The van der Waals surface area contributed by atoms with Crippen LogP contribution < -0.4 is 19.9 Å². The molecule has 0 aliphatic heterocycles. The standard InChI is InChI=1S/C12H19NO4/c1-15-10-6-8(9(13)4-5-14)7-11(16-2)12(10)17-3/h6-7,9,14H,4-5,13H2,1-3H3/t9-/m1/s1. The summed E-state index contributed by atoms with van der Waals surface area (Å²) in [5.74, 6) is 1.67. The summed E-state index contributed by atoms with van der Waals surface area (Å²) in [6.07, 6.45) is 0.485. The highest BCUT2D eigenvalue weighted by Crippen LogP contribution is 2.39. The first-order valence-electron chi connectivity index (χ1n) is 5.34. The fourth-order valence-corrected chi connectivity index (χ4v) is 1.62. The molecule has 0 aliphatic rings. The average Bonchev–Trinajstić information content (AvgIpc) is 2.37. The van der Waals surface area contributed by atoms with E-state index in [0.717, 1.165) is 5.56 Å². The van der Waals surface area contributed by atoms with Crippen molar-refractivity contribution in [2.24, 2.45) is 5.73 Å². The van der Waals surface area contributed by atoms with Crippen LogP contribution >= 0.6 is 0 Å². The molecular formula is C12H19NO4. The van der Waals surface area contributed by atoms with Crippen molar-refractivity contribution < 1.29 is 19.3 Å². The van der Waals surface area contributed by atoms with Crippen molar-refractivity contribution in [2.75, 3.05) is 27.9 Å². The zero-order valence-corrected chi connectivity index (χ0v) is 10.4. The van der Waals surface area contributed by atoms with Crippen LogP contribution in [0.1, 0.15) is 18.0 Å². The molecule has 0 radical (unpaired) electrons. The number of nitrogens with two attached hydrogens (primary N) is 1. The van der Waals surface area contributed by atoms with Crippen LogP contribution in [0.2, 0.25) is 0 Å². The summed E-state index contributed by atoms with van der Waals surface area (Å²) in [6, 6.07) is 3.33. The van der Waals surface area contributed by atoms with Crippen LogP contribution in [0.3, 0.4) is 0 Å². The Hall–Kier alpha value is -1.46. The van der Waals surface area contributed by atoms with Crippen molar-refractivity contribution in [1.82, 2.24) is 0 Å². The van der Waals surface area contributed by atoms with Gasteiger partial charge in [-0.25, -0.2) is 0 Å². The summed E-state index contributed by atoms with van der Waals surface area (Å²) < 4.78 is 15.7. The molecule has 1 aromatic carbocycles. The van der Waals surface area contributed by atoms with Crippen molar-refractivity contribution in [2.45, 2.75) is 12.5 Å². The minimum Gasteiger partial charge on any atom is -0.493 e. The van der Waals surface area contributed by atoms with Gasteiger partial charge >= 0.3 is 0 Å². The second kappa shape index (κ2) is 6.32. The number of benzene rings is 1. The van der Waals surface area contributed by atoms with E-state index >= 15 is 0 Å². The van der Waals surface area contributed by atoms with Gasteiger partial charge in [-0.05, 0) is 24.1 Å². The van der Waals surface area contributed by atoms with Crippen molar-refractivity contribution >= 4 is 0 Å². The maximum Gasteiger partial charge on any atom is 0.203 e. The third-order valence-electron chi connectivity index (χ3n) is 2.56. The summed E-state index contributed by atoms with van der Waals surface area (Å²) in [6.45, 7) is 0.0395. The molecule has 0 saturated carbocycles. The van der Waals surface area contributed by atoms with Gasteiger partial charge in [-0.2, -0.15) is 0 Å². The molecule has 1 rings (SSSR count). The van der Waals surface area contributed by atoms with Crippen molar-refractivity contribution in [3.63, 3.8) is 0 Å². The number of methoxy groups -OCH3 is 3. The quantitative estimate of drug-likeness (QED) is 0.780. The van der Waals surface area contributed by atoms with Gasteiger partial charge in [0.25, 0.3) is 0 Å². The molecule has 0 unspecified atom stereocenters. The lowest BCUT2D eigenvalue weighted by Gasteiger charge is -2.17. The van der Waals surface area contributed by atoms with Crippen LogP contribution in [-0.4, -0.2) is 33.0 Å². The van der Waals surface area contributed by atoms with Gasteiger partial charge in [-0.3, -0.25) is 0 Å². The highest BCUT2D eigenvalue weighted by molar-refractivity contribution is 5.54. The number of ether oxygens (including phenoxy) is 3. The maximum atomic E-state index is 8.88. The van der Waals surface area contributed by atoms with Gasteiger partial charge in [0.1, 0.15) is 0 Å². The zero-order valence-electron chi connectivity index (χ0n) is 10.4. The van der Waals surface area contributed by atoms with Crippen molar-refractivity contribution in [3.05, 3.63) is 17.7 Å². The Labute approximate surface area is 101 Å². The molecule has 0 saturated heterocycles. The minimum atomic E-state index is -0.256. The molecule has 5 nitrogen and oxygen atoms in total. The van der Waals surface area contributed by atoms with Crippen molar-refractivity contribution in [1.29, 1.82) is 0 Å². The Kier molecular flexibility index (Phi) is 5.06. The number of aliphatic hydroxyl groups is 1. The van der Waals surface area contributed by atoms with Gasteiger partial charge in [0.15, 0.2) is 11.5 Å². The highest BCUT2D eigenvalue weighted by Gasteiger charge is 2.16. The van der Waals surface area contributed by atoms with E-state index in [1.165, 1.54) is 0 Å². The number of rotatable bonds is 6.